The number of sulfone groups is 1. The Hall–Kier alpha value is -2.12. The third kappa shape index (κ3) is 2.32. The number of esters is 1. The number of hydrogen-bond donors (Lipinski definition) is 1. The smallest absolute Gasteiger partial charge is 0.356 e. The van der Waals surface area contributed by atoms with Crippen molar-refractivity contribution in [3.05, 3.63) is 47.5 Å². The van der Waals surface area contributed by atoms with Crippen LogP contribution in [0.2, 0.25) is 0 Å². The highest BCUT2D eigenvalue weighted by Crippen LogP contribution is 2.35. The summed E-state index contributed by atoms with van der Waals surface area (Å²) in [5.74, 6) is -0.666. The second-order valence-electron chi connectivity index (χ2n) is 4.53. The summed E-state index contributed by atoms with van der Waals surface area (Å²) in [7, 11) is -3.81. The summed E-state index contributed by atoms with van der Waals surface area (Å²) in [5, 5.41) is 1.78. The molecule has 22 heavy (non-hydrogen) atoms. The van der Waals surface area contributed by atoms with E-state index in [0.717, 1.165) is 0 Å². The molecule has 0 fully saturated rings. The van der Waals surface area contributed by atoms with E-state index in [-0.39, 0.29) is 22.1 Å². The van der Waals surface area contributed by atoms with Crippen molar-refractivity contribution < 1.29 is 17.9 Å². The summed E-state index contributed by atoms with van der Waals surface area (Å²) in [4.78, 5) is 15.1. The van der Waals surface area contributed by atoms with Gasteiger partial charge in [0.1, 0.15) is 10.6 Å². The van der Waals surface area contributed by atoms with Crippen molar-refractivity contribution >= 4 is 37.4 Å². The zero-order valence-corrected chi connectivity index (χ0v) is 13.3. The van der Waals surface area contributed by atoms with Gasteiger partial charge in [0.2, 0.25) is 9.84 Å². The maximum absolute atomic E-state index is 12.9. The van der Waals surface area contributed by atoms with Gasteiger partial charge in [0.05, 0.1) is 21.7 Å². The Labute approximate surface area is 131 Å². The van der Waals surface area contributed by atoms with Gasteiger partial charge in [-0.3, -0.25) is 0 Å². The molecule has 0 aliphatic carbocycles. The fourth-order valence-electron chi connectivity index (χ4n) is 2.21. The third-order valence-electron chi connectivity index (χ3n) is 3.16. The molecule has 2 aromatic heterocycles. The number of benzene rings is 1. The fourth-order valence-corrected chi connectivity index (χ4v) is 4.99. The lowest BCUT2D eigenvalue weighted by Crippen LogP contribution is -2.11. The molecule has 0 saturated carbocycles. The molecule has 0 radical (unpaired) electrons. The number of aromatic amines is 1. The van der Waals surface area contributed by atoms with Gasteiger partial charge in [-0.05, 0) is 30.5 Å². The summed E-state index contributed by atoms with van der Waals surface area (Å²) in [6, 6.07) is 9.80. The molecule has 0 unspecified atom stereocenters. The molecule has 0 aliphatic heterocycles. The molecule has 3 aromatic rings. The maximum Gasteiger partial charge on any atom is 0.356 e. The number of H-pyrrole nitrogens is 1. The SMILES string of the molecule is CCOC(=O)c1[nH]c2ccsc2c1S(=O)(=O)c1ccccc1. The zero-order chi connectivity index (χ0) is 15.7. The predicted octanol–water partition coefficient (Wildman–Crippen LogP) is 3.24. The molecule has 114 valence electrons. The molecule has 1 aromatic carbocycles. The molecule has 5 nitrogen and oxygen atoms in total. The Bertz CT molecular complexity index is 923. The summed E-state index contributed by atoms with van der Waals surface area (Å²) in [6.45, 7) is 1.85. The summed E-state index contributed by atoms with van der Waals surface area (Å²) in [6.07, 6.45) is 0. The number of hydrogen-bond acceptors (Lipinski definition) is 5. The first-order chi connectivity index (χ1) is 10.6. The summed E-state index contributed by atoms with van der Waals surface area (Å²) < 4.78 is 31.3. The van der Waals surface area contributed by atoms with Crippen molar-refractivity contribution in [3.63, 3.8) is 0 Å². The van der Waals surface area contributed by atoms with Gasteiger partial charge in [0.15, 0.2) is 0 Å². The van der Waals surface area contributed by atoms with E-state index in [1.807, 2.05) is 0 Å². The molecule has 0 bridgehead atoms. The molecule has 1 N–H and O–H groups in total. The Kier molecular flexibility index (Phi) is 3.76. The van der Waals surface area contributed by atoms with E-state index in [1.54, 1.807) is 36.6 Å². The molecule has 2 heterocycles. The first-order valence-electron chi connectivity index (χ1n) is 6.62. The van der Waals surface area contributed by atoms with Crippen LogP contribution in [-0.2, 0) is 14.6 Å². The number of thiophene rings is 1. The highest BCUT2D eigenvalue weighted by atomic mass is 32.2. The van der Waals surface area contributed by atoms with Crippen molar-refractivity contribution in [2.75, 3.05) is 6.61 Å². The van der Waals surface area contributed by atoms with Gasteiger partial charge in [-0.2, -0.15) is 0 Å². The van der Waals surface area contributed by atoms with Crippen molar-refractivity contribution in [1.29, 1.82) is 0 Å². The van der Waals surface area contributed by atoms with E-state index >= 15 is 0 Å². The van der Waals surface area contributed by atoms with Gasteiger partial charge in [0, 0.05) is 0 Å². The lowest BCUT2D eigenvalue weighted by atomic mass is 10.4. The summed E-state index contributed by atoms with van der Waals surface area (Å²) in [5.41, 5.74) is 0.593. The Morgan fingerprint density at radius 3 is 2.64 bits per heavy atom. The van der Waals surface area contributed by atoms with Crippen LogP contribution >= 0.6 is 11.3 Å². The monoisotopic (exact) mass is 335 g/mol. The minimum Gasteiger partial charge on any atom is -0.461 e. The van der Waals surface area contributed by atoms with E-state index in [9.17, 15) is 13.2 Å². The number of fused-ring (bicyclic) bond motifs is 1. The van der Waals surface area contributed by atoms with Crippen LogP contribution in [0.5, 0.6) is 0 Å². The van der Waals surface area contributed by atoms with Crippen LogP contribution in [-0.4, -0.2) is 26.0 Å². The lowest BCUT2D eigenvalue weighted by molar-refractivity contribution is 0.0516. The van der Waals surface area contributed by atoms with Crippen molar-refractivity contribution in [1.82, 2.24) is 4.98 Å². The topological polar surface area (TPSA) is 76.2 Å². The van der Waals surface area contributed by atoms with E-state index in [2.05, 4.69) is 4.98 Å². The molecule has 7 heteroatoms. The van der Waals surface area contributed by atoms with Crippen LogP contribution in [0.15, 0.2) is 51.6 Å². The normalized spacial score (nSPS) is 11.7. The van der Waals surface area contributed by atoms with E-state index in [1.165, 1.54) is 23.5 Å². The second kappa shape index (κ2) is 5.58. The number of carbonyl (C=O) groups is 1. The average molecular weight is 335 g/mol. The van der Waals surface area contributed by atoms with Gasteiger partial charge >= 0.3 is 5.97 Å². The van der Waals surface area contributed by atoms with E-state index in [4.69, 9.17) is 4.74 Å². The lowest BCUT2D eigenvalue weighted by Gasteiger charge is -2.06. The minimum atomic E-state index is -3.81. The van der Waals surface area contributed by atoms with Gasteiger partial charge < -0.3 is 9.72 Å². The fraction of sp³-hybridized carbons (Fsp3) is 0.133. The molecule has 0 saturated heterocycles. The Morgan fingerprint density at radius 2 is 1.95 bits per heavy atom. The molecule has 0 spiro atoms. The second-order valence-corrected chi connectivity index (χ2v) is 7.33. The van der Waals surface area contributed by atoms with Crippen LogP contribution in [0.3, 0.4) is 0 Å². The molecular weight excluding hydrogens is 322 g/mol. The molecule has 0 aliphatic rings. The first-order valence-corrected chi connectivity index (χ1v) is 8.98. The molecule has 3 rings (SSSR count). The molecule has 0 amide bonds. The quantitative estimate of drug-likeness (QED) is 0.743. The molecular formula is C15H13NO4S2. The van der Waals surface area contributed by atoms with Crippen molar-refractivity contribution in [3.8, 4) is 0 Å². The minimum absolute atomic E-state index is 0.0119. The van der Waals surface area contributed by atoms with Gasteiger partial charge in [0.25, 0.3) is 0 Å². The van der Waals surface area contributed by atoms with Gasteiger partial charge in [-0.1, -0.05) is 18.2 Å². The number of rotatable bonds is 4. The molecule has 0 atom stereocenters. The summed E-state index contributed by atoms with van der Waals surface area (Å²) >= 11 is 1.27. The number of aromatic nitrogens is 1. The van der Waals surface area contributed by atoms with Crippen LogP contribution in [0.25, 0.3) is 10.2 Å². The average Bonchev–Trinajstić information content (AvgIpc) is 3.08. The number of nitrogens with one attached hydrogen (secondary N) is 1. The standard InChI is InChI=1S/C15H13NO4S2/c1-2-20-15(17)12-14(13-11(16-12)8-9-21-13)22(18,19)10-6-4-3-5-7-10/h3-9,16H,2H2,1H3. The van der Waals surface area contributed by atoms with Crippen LogP contribution < -0.4 is 0 Å². The largest absolute Gasteiger partial charge is 0.461 e. The van der Waals surface area contributed by atoms with Crippen LogP contribution in [0, 0.1) is 0 Å². The van der Waals surface area contributed by atoms with Crippen LogP contribution in [0.4, 0.5) is 0 Å². The van der Waals surface area contributed by atoms with Crippen molar-refractivity contribution in [2.24, 2.45) is 0 Å². The Balaban J connectivity index is 2.27. The maximum atomic E-state index is 12.9. The Morgan fingerprint density at radius 1 is 1.23 bits per heavy atom. The predicted molar refractivity (Wildman–Crippen MR) is 84.0 cm³/mol. The van der Waals surface area contributed by atoms with Crippen molar-refractivity contribution in [2.45, 2.75) is 16.7 Å². The van der Waals surface area contributed by atoms with E-state index in [0.29, 0.717) is 10.2 Å². The highest BCUT2D eigenvalue weighted by Gasteiger charge is 2.30. The number of carbonyl (C=O) groups excluding carboxylic acids is 1. The number of ether oxygens (including phenoxy) is 1. The third-order valence-corrected chi connectivity index (χ3v) is 6.06. The highest BCUT2D eigenvalue weighted by molar-refractivity contribution is 7.92. The zero-order valence-electron chi connectivity index (χ0n) is 11.7. The first kappa shape index (κ1) is 14.8. The van der Waals surface area contributed by atoms with Gasteiger partial charge in [-0.15, -0.1) is 11.3 Å². The van der Waals surface area contributed by atoms with E-state index < -0.39 is 15.8 Å². The van der Waals surface area contributed by atoms with Gasteiger partial charge in [-0.25, -0.2) is 13.2 Å². The van der Waals surface area contributed by atoms with Crippen LogP contribution in [0.1, 0.15) is 17.4 Å².